The van der Waals surface area contributed by atoms with Crippen molar-refractivity contribution in [2.24, 2.45) is 5.11 Å². The molecular formula is C9H6ClN5O3S. The number of rotatable bonds is 4. The van der Waals surface area contributed by atoms with Crippen molar-refractivity contribution in [2.45, 2.75) is 11.4 Å². The Labute approximate surface area is 112 Å². The van der Waals surface area contributed by atoms with Gasteiger partial charge in [-0.1, -0.05) is 5.11 Å². The van der Waals surface area contributed by atoms with Crippen LogP contribution in [0.3, 0.4) is 0 Å². The Morgan fingerprint density at radius 1 is 1.32 bits per heavy atom. The van der Waals surface area contributed by atoms with Crippen molar-refractivity contribution in [1.82, 2.24) is 10.2 Å². The molecule has 98 valence electrons. The first-order chi connectivity index (χ1) is 9.00. The fraction of sp³-hybridized carbons (Fsp3) is 0.111. The highest BCUT2D eigenvalue weighted by molar-refractivity contribution is 8.13. The van der Waals surface area contributed by atoms with E-state index in [-0.39, 0.29) is 23.2 Å². The Kier molecular flexibility index (Phi) is 3.70. The van der Waals surface area contributed by atoms with Gasteiger partial charge in [0, 0.05) is 21.2 Å². The second kappa shape index (κ2) is 5.27. The summed E-state index contributed by atoms with van der Waals surface area (Å²) in [5.74, 6) is 0.364. The van der Waals surface area contributed by atoms with E-state index in [9.17, 15) is 8.42 Å². The number of aromatic nitrogens is 2. The normalized spacial score (nSPS) is 11.0. The maximum atomic E-state index is 11.1. The Bertz CT molecular complexity index is 733. The number of azide groups is 1. The van der Waals surface area contributed by atoms with Gasteiger partial charge < -0.3 is 4.42 Å². The molecule has 0 amide bonds. The zero-order valence-corrected chi connectivity index (χ0v) is 10.8. The van der Waals surface area contributed by atoms with Gasteiger partial charge in [0.05, 0.1) is 4.90 Å². The van der Waals surface area contributed by atoms with Crippen molar-refractivity contribution in [3.05, 3.63) is 40.6 Å². The third kappa shape index (κ3) is 3.22. The number of hydrogen-bond acceptors (Lipinski definition) is 6. The van der Waals surface area contributed by atoms with E-state index in [4.69, 9.17) is 20.6 Å². The van der Waals surface area contributed by atoms with Gasteiger partial charge in [0.1, 0.15) is 6.54 Å². The molecule has 0 aliphatic heterocycles. The van der Waals surface area contributed by atoms with Crippen molar-refractivity contribution in [2.75, 3.05) is 0 Å². The van der Waals surface area contributed by atoms with E-state index in [2.05, 4.69) is 20.2 Å². The van der Waals surface area contributed by atoms with Crippen LogP contribution < -0.4 is 0 Å². The minimum absolute atomic E-state index is 0.0215. The highest BCUT2D eigenvalue weighted by Crippen LogP contribution is 2.22. The van der Waals surface area contributed by atoms with Crippen molar-refractivity contribution in [3.63, 3.8) is 0 Å². The first kappa shape index (κ1) is 13.3. The molecule has 2 aromatic rings. The average molecular weight is 300 g/mol. The Morgan fingerprint density at radius 3 is 2.58 bits per heavy atom. The summed E-state index contributed by atoms with van der Waals surface area (Å²) in [6.07, 6.45) is 0. The summed E-state index contributed by atoms with van der Waals surface area (Å²) in [6, 6.07) is 5.63. The average Bonchev–Trinajstić information content (AvgIpc) is 2.84. The molecule has 0 saturated heterocycles. The highest BCUT2D eigenvalue weighted by atomic mass is 35.7. The maximum absolute atomic E-state index is 11.1. The Hall–Kier alpha value is -2.09. The van der Waals surface area contributed by atoms with Crippen molar-refractivity contribution in [1.29, 1.82) is 0 Å². The fourth-order valence-electron chi connectivity index (χ4n) is 1.29. The van der Waals surface area contributed by atoms with Crippen LogP contribution in [-0.2, 0) is 15.6 Å². The number of halogens is 1. The third-order valence-corrected chi connectivity index (χ3v) is 3.49. The standard InChI is InChI=1S/C9H6ClN5O3S/c10-19(16,17)7-3-1-6(2-4-7)9-14-13-8(18-9)5-12-15-11/h1-4H,5H2. The summed E-state index contributed by atoms with van der Waals surface area (Å²) in [6.45, 7) is -0.0440. The van der Waals surface area contributed by atoms with Crippen molar-refractivity contribution < 1.29 is 12.8 Å². The zero-order chi connectivity index (χ0) is 13.9. The van der Waals surface area contributed by atoms with Gasteiger partial charge in [0.2, 0.25) is 11.8 Å². The van der Waals surface area contributed by atoms with Gasteiger partial charge in [-0.15, -0.1) is 10.2 Å². The molecule has 2 rings (SSSR count). The number of hydrogen-bond donors (Lipinski definition) is 0. The van der Waals surface area contributed by atoms with E-state index < -0.39 is 9.05 Å². The van der Waals surface area contributed by atoms with E-state index in [1.54, 1.807) is 0 Å². The van der Waals surface area contributed by atoms with Crippen molar-refractivity contribution in [3.8, 4) is 11.5 Å². The predicted molar refractivity (Wildman–Crippen MR) is 65.6 cm³/mol. The smallest absolute Gasteiger partial charge is 0.261 e. The molecule has 0 saturated carbocycles. The van der Waals surface area contributed by atoms with Gasteiger partial charge in [0.15, 0.2) is 0 Å². The van der Waals surface area contributed by atoms with Crippen LogP contribution in [-0.4, -0.2) is 18.6 Å². The molecule has 0 spiro atoms. The molecule has 0 aliphatic rings. The minimum Gasteiger partial charge on any atom is -0.421 e. The van der Waals surface area contributed by atoms with Crippen LogP contribution in [0, 0.1) is 0 Å². The van der Waals surface area contributed by atoms with E-state index in [1.165, 1.54) is 24.3 Å². The SMILES string of the molecule is [N-]=[N+]=NCc1nnc(-c2ccc(S(=O)(=O)Cl)cc2)o1. The van der Waals surface area contributed by atoms with E-state index >= 15 is 0 Å². The largest absolute Gasteiger partial charge is 0.421 e. The summed E-state index contributed by atoms with van der Waals surface area (Å²) in [4.78, 5) is 2.55. The fourth-order valence-corrected chi connectivity index (χ4v) is 2.06. The molecule has 1 heterocycles. The van der Waals surface area contributed by atoms with Crippen LogP contribution in [0.15, 0.2) is 38.7 Å². The summed E-state index contributed by atoms with van der Waals surface area (Å²) < 4.78 is 27.4. The first-order valence-electron chi connectivity index (χ1n) is 4.89. The van der Waals surface area contributed by atoms with E-state index in [0.717, 1.165) is 0 Å². The number of nitrogens with zero attached hydrogens (tertiary/aromatic N) is 5. The Morgan fingerprint density at radius 2 is 2.00 bits per heavy atom. The molecule has 0 radical (unpaired) electrons. The zero-order valence-electron chi connectivity index (χ0n) is 9.26. The van der Waals surface area contributed by atoms with Gasteiger partial charge >= 0.3 is 0 Å². The topological polar surface area (TPSA) is 122 Å². The minimum atomic E-state index is -3.76. The molecule has 10 heteroatoms. The maximum Gasteiger partial charge on any atom is 0.261 e. The second-order valence-electron chi connectivity index (χ2n) is 3.35. The summed E-state index contributed by atoms with van der Waals surface area (Å²) >= 11 is 0. The third-order valence-electron chi connectivity index (χ3n) is 2.12. The molecular weight excluding hydrogens is 294 g/mol. The lowest BCUT2D eigenvalue weighted by atomic mass is 10.2. The number of benzene rings is 1. The van der Waals surface area contributed by atoms with Crippen LogP contribution in [0.2, 0.25) is 0 Å². The van der Waals surface area contributed by atoms with Gasteiger partial charge in [-0.05, 0) is 29.8 Å². The lowest BCUT2D eigenvalue weighted by molar-refractivity contribution is 0.508. The second-order valence-corrected chi connectivity index (χ2v) is 5.92. The van der Waals surface area contributed by atoms with Crippen LogP contribution in [0.25, 0.3) is 21.9 Å². The molecule has 0 N–H and O–H groups in total. The van der Waals surface area contributed by atoms with Gasteiger partial charge in [-0.25, -0.2) is 8.42 Å². The first-order valence-corrected chi connectivity index (χ1v) is 7.20. The van der Waals surface area contributed by atoms with Crippen LogP contribution >= 0.6 is 10.7 Å². The lowest BCUT2D eigenvalue weighted by Gasteiger charge is -1.97. The van der Waals surface area contributed by atoms with E-state index in [1.807, 2.05) is 0 Å². The van der Waals surface area contributed by atoms with Gasteiger partial charge in [-0.3, -0.25) is 0 Å². The molecule has 0 unspecified atom stereocenters. The lowest BCUT2D eigenvalue weighted by Crippen LogP contribution is -1.89. The van der Waals surface area contributed by atoms with Crippen LogP contribution in [0.4, 0.5) is 0 Å². The molecule has 1 aromatic carbocycles. The molecule has 0 bridgehead atoms. The van der Waals surface area contributed by atoms with Crippen molar-refractivity contribution >= 4 is 19.7 Å². The molecule has 0 atom stereocenters. The summed E-state index contributed by atoms with van der Waals surface area (Å²) in [5.41, 5.74) is 8.69. The Balaban J connectivity index is 2.27. The van der Waals surface area contributed by atoms with Gasteiger partial charge in [-0.2, -0.15) is 0 Å². The van der Waals surface area contributed by atoms with Gasteiger partial charge in [0.25, 0.3) is 9.05 Å². The summed E-state index contributed by atoms with van der Waals surface area (Å²) in [5, 5.41) is 10.7. The van der Waals surface area contributed by atoms with E-state index in [0.29, 0.717) is 5.56 Å². The van der Waals surface area contributed by atoms with Crippen LogP contribution in [0.5, 0.6) is 0 Å². The molecule has 0 aliphatic carbocycles. The molecule has 1 aromatic heterocycles. The molecule has 19 heavy (non-hydrogen) atoms. The summed E-state index contributed by atoms with van der Waals surface area (Å²) in [7, 11) is 1.43. The van der Waals surface area contributed by atoms with Crippen LogP contribution in [0.1, 0.15) is 5.89 Å². The molecule has 8 nitrogen and oxygen atoms in total. The highest BCUT2D eigenvalue weighted by Gasteiger charge is 2.12. The quantitative estimate of drug-likeness (QED) is 0.371. The monoisotopic (exact) mass is 299 g/mol. The predicted octanol–water partition coefficient (Wildman–Crippen LogP) is 2.47. The molecule has 0 fully saturated rings.